The summed E-state index contributed by atoms with van der Waals surface area (Å²) in [5.41, 5.74) is 2.52. The van der Waals surface area contributed by atoms with Crippen molar-refractivity contribution >= 4 is 16.0 Å². The Morgan fingerprint density at radius 1 is 1.19 bits per heavy atom. The summed E-state index contributed by atoms with van der Waals surface area (Å²) in [6.07, 6.45) is 0.647. The van der Waals surface area contributed by atoms with Gasteiger partial charge in [0.2, 0.25) is 10.0 Å². The third kappa shape index (κ3) is 4.28. The monoisotopic (exact) mass is 313 g/mol. The highest BCUT2D eigenvalue weighted by atomic mass is 32.2. The number of carbonyl (C=O) groups is 1. The average Bonchev–Trinajstić information content (AvgIpc) is 2.36. The molecule has 1 rings (SSSR count). The highest BCUT2D eigenvalue weighted by molar-refractivity contribution is 7.89. The van der Waals surface area contributed by atoms with E-state index in [1.54, 1.807) is 13.8 Å². The Hall–Kier alpha value is -1.40. The number of hydrogen-bond acceptors (Lipinski definition) is 4. The second kappa shape index (κ2) is 7.04. The fraction of sp³-hybridized carbons (Fsp3) is 0.533. The number of rotatable bonds is 6. The maximum Gasteiger partial charge on any atom is 0.305 e. The number of methoxy groups -OCH3 is 1. The SMILES string of the molecule is COC(=O)CCCN(C)S(=O)(=O)c1c(C)cc(C)cc1C. The van der Waals surface area contributed by atoms with Gasteiger partial charge in [0, 0.05) is 20.0 Å². The normalized spacial score (nSPS) is 11.7. The molecule has 0 amide bonds. The first-order valence-corrected chi connectivity index (χ1v) is 8.25. The molecule has 1 aromatic carbocycles. The Morgan fingerprint density at radius 2 is 1.71 bits per heavy atom. The zero-order valence-electron chi connectivity index (χ0n) is 13.3. The molecule has 0 saturated carbocycles. The van der Waals surface area contributed by atoms with E-state index in [-0.39, 0.29) is 18.9 Å². The van der Waals surface area contributed by atoms with Crippen molar-refractivity contribution in [1.82, 2.24) is 4.31 Å². The predicted octanol–water partition coefficient (Wildman–Crippen LogP) is 2.19. The summed E-state index contributed by atoms with van der Waals surface area (Å²) in [6.45, 7) is 5.82. The lowest BCUT2D eigenvalue weighted by atomic mass is 10.1. The quantitative estimate of drug-likeness (QED) is 0.755. The Labute approximate surface area is 127 Å². The van der Waals surface area contributed by atoms with Crippen LogP contribution in [0.5, 0.6) is 0 Å². The molecule has 5 nitrogen and oxygen atoms in total. The highest BCUT2D eigenvalue weighted by Gasteiger charge is 2.24. The second-order valence-corrected chi connectivity index (χ2v) is 7.22. The number of carbonyl (C=O) groups excluding carboxylic acids is 1. The van der Waals surface area contributed by atoms with Crippen LogP contribution in [0.4, 0.5) is 0 Å². The molecule has 1 aromatic rings. The number of benzene rings is 1. The van der Waals surface area contributed by atoms with Crippen LogP contribution in [-0.2, 0) is 19.6 Å². The maximum atomic E-state index is 12.6. The Kier molecular flexibility index (Phi) is 5.92. The summed E-state index contributed by atoms with van der Waals surface area (Å²) < 4.78 is 31.1. The van der Waals surface area contributed by atoms with Crippen LogP contribution < -0.4 is 0 Å². The molecule has 6 heteroatoms. The molecule has 0 radical (unpaired) electrons. The first kappa shape index (κ1) is 17.7. The molecule has 0 heterocycles. The summed E-state index contributed by atoms with van der Waals surface area (Å²) in [4.78, 5) is 11.4. The third-order valence-electron chi connectivity index (χ3n) is 3.35. The number of ether oxygens (including phenoxy) is 1. The van der Waals surface area contributed by atoms with Gasteiger partial charge in [-0.25, -0.2) is 12.7 Å². The van der Waals surface area contributed by atoms with Gasteiger partial charge in [0.25, 0.3) is 0 Å². The van der Waals surface area contributed by atoms with Crippen molar-refractivity contribution < 1.29 is 17.9 Å². The van der Waals surface area contributed by atoms with Crippen molar-refractivity contribution in [3.63, 3.8) is 0 Å². The molecule has 0 aliphatic rings. The van der Waals surface area contributed by atoms with Crippen LogP contribution in [0.3, 0.4) is 0 Å². The lowest BCUT2D eigenvalue weighted by Gasteiger charge is -2.20. The second-order valence-electron chi connectivity index (χ2n) is 5.23. The van der Waals surface area contributed by atoms with E-state index in [1.165, 1.54) is 18.5 Å². The van der Waals surface area contributed by atoms with E-state index in [0.717, 1.165) is 16.7 Å². The molecule has 0 unspecified atom stereocenters. The topological polar surface area (TPSA) is 63.7 Å². The fourth-order valence-corrected chi connectivity index (χ4v) is 4.01. The van der Waals surface area contributed by atoms with Crippen LogP contribution in [-0.4, -0.2) is 39.4 Å². The van der Waals surface area contributed by atoms with E-state index in [2.05, 4.69) is 4.74 Å². The van der Waals surface area contributed by atoms with Crippen LogP contribution in [0.2, 0.25) is 0 Å². The zero-order chi connectivity index (χ0) is 16.2. The van der Waals surface area contributed by atoms with Gasteiger partial charge in [-0.15, -0.1) is 0 Å². The van der Waals surface area contributed by atoms with E-state index in [9.17, 15) is 13.2 Å². The van der Waals surface area contributed by atoms with E-state index in [0.29, 0.717) is 11.3 Å². The van der Waals surface area contributed by atoms with Crippen molar-refractivity contribution in [3.8, 4) is 0 Å². The minimum Gasteiger partial charge on any atom is -0.469 e. The predicted molar refractivity (Wildman–Crippen MR) is 81.7 cm³/mol. The minimum atomic E-state index is -3.54. The minimum absolute atomic E-state index is 0.211. The number of sulfonamides is 1. The standard InChI is InChI=1S/C15H23NO4S/c1-11-9-12(2)15(13(3)10-11)21(18,19)16(4)8-6-7-14(17)20-5/h9-10H,6-8H2,1-5H3. The molecule has 0 atom stereocenters. The van der Waals surface area contributed by atoms with Crippen LogP contribution in [0.1, 0.15) is 29.5 Å². The van der Waals surface area contributed by atoms with Crippen molar-refractivity contribution in [3.05, 3.63) is 28.8 Å². The zero-order valence-corrected chi connectivity index (χ0v) is 14.1. The van der Waals surface area contributed by atoms with Gasteiger partial charge in [-0.2, -0.15) is 0 Å². The van der Waals surface area contributed by atoms with Crippen LogP contribution >= 0.6 is 0 Å². The lowest BCUT2D eigenvalue weighted by molar-refractivity contribution is -0.140. The number of aryl methyl sites for hydroxylation is 3. The lowest BCUT2D eigenvalue weighted by Crippen LogP contribution is -2.29. The van der Waals surface area contributed by atoms with Crippen molar-refractivity contribution in [2.24, 2.45) is 0 Å². The van der Waals surface area contributed by atoms with Crippen LogP contribution in [0.15, 0.2) is 17.0 Å². The molecule has 0 aliphatic heterocycles. The molecule has 118 valence electrons. The van der Waals surface area contributed by atoms with Crippen molar-refractivity contribution in [2.45, 2.75) is 38.5 Å². The van der Waals surface area contributed by atoms with Crippen LogP contribution in [0, 0.1) is 20.8 Å². The molecule has 0 saturated heterocycles. The van der Waals surface area contributed by atoms with Gasteiger partial charge in [-0.05, 0) is 38.3 Å². The highest BCUT2D eigenvalue weighted by Crippen LogP contribution is 2.24. The number of hydrogen-bond donors (Lipinski definition) is 0. The summed E-state index contributed by atoms with van der Waals surface area (Å²) in [5, 5.41) is 0. The van der Waals surface area contributed by atoms with Gasteiger partial charge in [0.1, 0.15) is 0 Å². The number of nitrogens with zero attached hydrogens (tertiary/aromatic N) is 1. The summed E-state index contributed by atoms with van der Waals surface area (Å²) in [6, 6.07) is 3.73. The summed E-state index contributed by atoms with van der Waals surface area (Å²) in [7, 11) is -0.686. The van der Waals surface area contributed by atoms with Crippen molar-refractivity contribution in [1.29, 1.82) is 0 Å². The molecular weight excluding hydrogens is 290 g/mol. The molecule has 0 bridgehead atoms. The molecule has 21 heavy (non-hydrogen) atoms. The van der Waals surface area contributed by atoms with E-state index in [1.807, 2.05) is 19.1 Å². The smallest absolute Gasteiger partial charge is 0.305 e. The first-order chi connectivity index (χ1) is 9.70. The summed E-state index contributed by atoms with van der Waals surface area (Å²) >= 11 is 0. The van der Waals surface area contributed by atoms with Crippen LogP contribution in [0.25, 0.3) is 0 Å². The van der Waals surface area contributed by atoms with Gasteiger partial charge in [0.05, 0.1) is 12.0 Å². The van der Waals surface area contributed by atoms with Gasteiger partial charge in [0.15, 0.2) is 0 Å². The van der Waals surface area contributed by atoms with Gasteiger partial charge >= 0.3 is 5.97 Å². The molecule has 0 spiro atoms. The Bertz CT molecular complexity index is 600. The third-order valence-corrected chi connectivity index (χ3v) is 5.52. The molecule has 0 N–H and O–H groups in total. The average molecular weight is 313 g/mol. The Morgan fingerprint density at radius 3 is 2.19 bits per heavy atom. The van der Waals surface area contributed by atoms with E-state index >= 15 is 0 Å². The van der Waals surface area contributed by atoms with Crippen molar-refractivity contribution in [2.75, 3.05) is 20.7 Å². The van der Waals surface area contributed by atoms with Gasteiger partial charge in [-0.3, -0.25) is 4.79 Å². The first-order valence-electron chi connectivity index (χ1n) is 6.81. The molecule has 0 aromatic heterocycles. The van der Waals surface area contributed by atoms with E-state index in [4.69, 9.17) is 0 Å². The molecule has 0 fully saturated rings. The Balaban J connectivity index is 2.93. The molecule has 0 aliphatic carbocycles. The largest absolute Gasteiger partial charge is 0.469 e. The molecular formula is C15H23NO4S. The number of esters is 1. The fourth-order valence-electron chi connectivity index (χ4n) is 2.40. The van der Waals surface area contributed by atoms with Gasteiger partial charge < -0.3 is 4.74 Å². The maximum absolute atomic E-state index is 12.6. The summed E-state index contributed by atoms with van der Waals surface area (Å²) in [5.74, 6) is -0.330. The van der Waals surface area contributed by atoms with Gasteiger partial charge in [-0.1, -0.05) is 17.7 Å². The van der Waals surface area contributed by atoms with E-state index < -0.39 is 10.0 Å².